The number of aryl methyl sites for hydroxylation is 2. The van der Waals surface area contributed by atoms with Crippen LogP contribution in [0.5, 0.6) is 0 Å². The third-order valence-electron chi connectivity index (χ3n) is 2.74. The lowest BCUT2D eigenvalue weighted by atomic mass is 10.1. The molecule has 1 amide bonds. The van der Waals surface area contributed by atoms with E-state index < -0.39 is 23.1 Å². The molecule has 0 saturated carbocycles. The van der Waals surface area contributed by atoms with Crippen LogP contribution in [0.15, 0.2) is 24.4 Å². The molecule has 6 heteroatoms. The Bertz CT molecular complexity index is 689. The van der Waals surface area contributed by atoms with Crippen LogP contribution in [0, 0.1) is 25.5 Å². The van der Waals surface area contributed by atoms with Gasteiger partial charge in [0.05, 0.1) is 5.69 Å². The summed E-state index contributed by atoms with van der Waals surface area (Å²) in [5.74, 6) is -2.72. The summed E-state index contributed by atoms with van der Waals surface area (Å²) in [4.78, 5) is 15.8. The minimum atomic E-state index is -0.928. The smallest absolute Gasteiger partial charge is 0.261 e. The highest BCUT2D eigenvalue weighted by Gasteiger charge is 2.20. The Balaban J connectivity index is 2.38. The number of nitrogens with zero attached hydrogens (tertiary/aromatic N) is 1. The molecule has 0 fully saturated rings. The predicted molar refractivity (Wildman–Crippen MR) is 73.0 cm³/mol. The number of hydrogen-bond donors (Lipinski definition) is 1. The Morgan fingerprint density at radius 2 is 2.00 bits per heavy atom. The van der Waals surface area contributed by atoms with Crippen molar-refractivity contribution in [2.24, 2.45) is 0 Å². The normalized spacial score (nSPS) is 10.4. The van der Waals surface area contributed by atoms with E-state index in [2.05, 4.69) is 10.3 Å². The number of benzene rings is 1. The van der Waals surface area contributed by atoms with Crippen molar-refractivity contribution in [2.75, 3.05) is 5.32 Å². The van der Waals surface area contributed by atoms with Crippen LogP contribution in [-0.2, 0) is 0 Å². The standard InChI is InChI=1S/C14H11ClF2N2O/c1-7-5-10(13(15)18-6-7)19-14(20)11-9(16)4-3-8(2)12(11)17/h3-6H,1-2H3,(H,19,20). The first-order valence-electron chi connectivity index (χ1n) is 5.78. The van der Waals surface area contributed by atoms with Crippen LogP contribution in [0.4, 0.5) is 14.5 Å². The van der Waals surface area contributed by atoms with Gasteiger partial charge in [0.2, 0.25) is 0 Å². The van der Waals surface area contributed by atoms with Gasteiger partial charge in [-0.2, -0.15) is 0 Å². The molecule has 0 unspecified atom stereocenters. The average Bonchev–Trinajstić information content (AvgIpc) is 2.39. The van der Waals surface area contributed by atoms with Crippen LogP contribution in [0.1, 0.15) is 21.5 Å². The molecule has 1 aromatic heterocycles. The summed E-state index contributed by atoms with van der Waals surface area (Å²) < 4.78 is 27.5. The van der Waals surface area contributed by atoms with E-state index in [0.717, 1.165) is 11.6 Å². The van der Waals surface area contributed by atoms with Crippen molar-refractivity contribution in [3.05, 3.63) is 57.9 Å². The van der Waals surface area contributed by atoms with Gasteiger partial charge in [-0.05, 0) is 37.1 Å². The van der Waals surface area contributed by atoms with Gasteiger partial charge in [-0.3, -0.25) is 4.79 Å². The molecule has 0 bridgehead atoms. The van der Waals surface area contributed by atoms with E-state index in [1.165, 1.54) is 19.2 Å². The van der Waals surface area contributed by atoms with Crippen LogP contribution in [0.3, 0.4) is 0 Å². The number of rotatable bonds is 2. The lowest BCUT2D eigenvalue weighted by Gasteiger charge is -2.10. The van der Waals surface area contributed by atoms with Crippen LogP contribution in [0.2, 0.25) is 5.15 Å². The van der Waals surface area contributed by atoms with Gasteiger partial charge in [-0.1, -0.05) is 17.7 Å². The minimum Gasteiger partial charge on any atom is -0.319 e. The zero-order valence-electron chi connectivity index (χ0n) is 10.8. The number of amides is 1. The van der Waals surface area contributed by atoms with Gasteiger partial charge in [-0.15, -0.1) is 0 Å². The highest BCUT2D eigenvalue weighted by Crippen LogP contribution is 2.22. The maximum Gasteiger partial charge on any atom is 0.261 e. The molecule has 1 aromatic carbocycles. The first-order chi connectivity index (χ1) is 9.40. The average molecular weight is 297 g/mol. The van der Waals surface area contributed by atoms with Crippen LogP contribution in [-0.4, -0.2) is 10.9 Å². The second-order valence-corrected chi connectivity index (χ2v) is 4.72. The fourth-order valence-corrected chi connectivity index (χ4v) is 1.84. The Kier molecular flexibility index (Phi) is 3.99. The van der Waals surface area contributed by atoms with Crippen molar-refractivity contribution in [1.29, 1.82) is 0 Å². The van der Waals surface area contributed by atoms with Gasteiger partial charge in [0.25, 0.3) is 5.91 Å². The summed E-state index contributed by atoms with van der Waals surface area (Å²) in [6.45, 7) is 3.21. The van der Waals surface area contributed by atoms with Gasteiger partial charge in [0, 0.05) is 6.20 Å². The lowest BCUT2D eigenvalue weighted by molar-refractivity contribution is 0.101. The number of carbonyl (C=O) groups is 1. The van der Waals surface area contributed by atoms with E-state index in [9.17, 15) is 13.6 Å². The zero-order valence-corrected chi connectivity index (χ0v) is 11.6. The molecule has 0 saturated heterocycles. The largest absolute Gasteiger partial charge is 0.319 e. The SMILES string of the molecule is Cc1cnc(Cl)c(NC(=O)c2c(F)ccc(C)c2F)c1. The molecule has 2 aromatic rings. The van der Waals surface area contributed by atoms with E-state index in [1.54, 1.807) is 13.0 Å². The lowest BCUT2D eigenvalue weighted by Crippen LogP contribution is -2.17. The summed E-state index contributed by atoms with van der Waals surface area (Å²) in [7, 11) is 0. The molecule has 0 aliphatic heterocycles. The topological polar surface area (TPSA) is 42.0 Å². The maximum atomic E-state index is 13.8. The predicted octanol–water partition coefficient (Wildman–Crippen LogP) is 3.88. The molecular weight excluding hydrogens is 286 g/mol. The summed E-state index contributed by atoms with van der Waals surface area (Å²) >= 11 is 5.83. The molecule has 0 aliphatic carbocycles. The first-order valence-corrected chi connectivity index (χ1v) is 6.16. The Morgan fingerprint density at radius 3 is 2.70 bits per heavy atom. The number of halogens is 3. The first kappa shape index (κ1) is 14.4. The summed E-state index contributed by atoms with van der Waals surface area (Å²) in [6, 6.07) is 3.88. The van der Waals surface area contributed by atoms with Crippen molar-refractivity contribution in [3.63, 3.8) is 0 Å². The number of carbonyl (C=O) groups excluding carboxylic acids is 1. The van der Waals surface area contributed by atoms with Gasteiger partial charge in [-0.25, -0.2) is 13.8 Å². The summed E-state index contributed by atoms with van der Waals surface area (Å²) in [5, 5.41) is 2.42. The molecule has 104 valence electrons. The molecule has 0 atom stereocenters. The summed E-state index contributed by atoms with van der Waals surface area (Å²) in [6.07, 6.45) is 1.52. The number of aromatic nitrogens is 1. The van der Waals surface area contributed by atoms with Crippen molar-refractivity contribution in [1.82, 2.24) is 4.98 Å². The minimum absolute atomic E-state index is 0.0532. The van der Waals surface area contributed by atoms with Crippen LogP contribution < -0.4 is 5.32 Å². The Hall–Kier alpha value is -2.01. The number of nitrogens with one attached hydrogen (secondary N) is 1. The van der Waals surface area contributed by atoms with Crippen LogP contribution in [0.25, 0.3) is 0 Å². The van der Waals surface area contributed by atoms with Gasteiger partial charge < -0.3 is 5.32 Å². The number of anilines is 1. The Labute approximate surface area is 119 Å². The molecule has 2 rings (SSSR count). The van der Waals surface area contributed by atoms with Crippen molar-refractivity contribution in [3.8, 4) is 0 Å². The van der Waals surface area contributed by atoms with E-state index >= 15 is 0 Å². The molecule has 0 aliphatic rings. The molecule has 0 radical (unpaired) electrons. The Morgan fingerprint density at radius 1 is 1.30 bits per heavy atom. The second-order valence-electron chi connectivity index (χ2n) is 4.36. The van der Waals surface area contributed by atoms with Crippen molar-refractivity contribution >= 4 is 23.2 Å². The van der Waals surface area contributed by atoms with E-state index in [1.807, 2.05) is 0 Å². The molecular formula is C14H11ClF2N2O. The second kappa shape index (κ2) is 5.54. The fourth-order valence-electron chi connectivity index (χ4n) is 1.69. The maximum absolute atomic E-state index is 13.8. The van der Waals surface area contributed by atoms with E-state index in [0.29, 0.717) is 0 Å². The fraction of sp³-hybridized carbons (Fsp3) is 0.143. The van der Waals surface area contributed by atoms with E-state index in [-0.39, 0.29) is 16.4 Å². The van der Waals surface area contributed by atoms with Crippen molar-refractivity contribution in [2.45, 2.75) is 13.8 Å². The number of hydrogen-bond acceptors (Lipinski definition) is 2. The highest BCUT2D eigenvalue weighted by atomic mass is 35.5. The third-order valence-corrected chi connectivity index (χ3v) is 3.04. The molecule has 3 nitrogen and oxygen atoms in total. The quantitative estimate of drug-likeness (QED) is 0.855. The van der Waals surface area contributed by atoms with E-state index in [4.69, 9.17) is 11.6 Å². The highest BCUT2D eigenvalue weighted by molar-refractivity contribution is 6.32. The van der Waals surface area contributed by atoms with Gasteiger partial charge >= 0.3 is 0 Å². The number of pyridine rings is 1. The molecule has 20 heavy (non-hydrogen) atoms. The monoisotopic (exact) mass is 296 g/mol. The third kappa shape index (κ3) is 2.77. The summed E-state index contributed by atoms with van der Waals surface area (Å²) in [5.41, 5.74) is 0.513. The molecule has 1 heterocycles. The van der Waals surface area contributed by atoms with Crippen LogP contribution >= 0.6 is 11.6 Å². The van der Waals surface area contributed by atoms with Gasteiger partial charge in [0.1, 0.15) is 17.2 Å². The van der Waals surface area contributed by atoms with Gasteiger partial charge in [0.15, 0.2) is 5.15 Å². The zero-order chi connectivity index (χ0) is 14.9. The molecule has 0 spiro atoms. The molecule has 1 N–H and O–H groups in total. The van der Waals surface area contributed by atoms with Crippen molar-refractivity contribution < 1.29 is 13.6 Å².